The molecule has 1 aromatic heterocycles. The fraction of sp³-hybridized carbons (Fsp3) is 0. The standard InChI is InChI=1S/C9H11N5O4S2/c10-20(17,18)14-8-3-1-2-7(4-8)13-19(15,16)9-5-11-6-12-9/h1-6,13-14H,(H,11,12)(H2,10,17,18). The van der Waals surface area contributed by atoms with Gasteiger partial charge in [-0.2, -0.15) is 16.8 Å². The summed E-state index contributed by atoms with van der Waals surface area (Å²) in [5.74, 6) is 0. The summed E-state index contributed by atoms with van der Waals surface area (Å²) in [7, 11) is -7.73. The molecule has 11 heteroatoms. The third kappa shape index (κ3) is 3.69. The van der Waals surface area contributed by atoms with Gasteiger partial charge in [-0.1, -0.05) is 6.07 Å². The molecule has 0 aliphatic carbocycles. The average Bonchev–Trinajstić information content (AvgIpc) is 2.80. The summed E-state index contributed by atoms with van der Waals surface area (Å²) in [4.78, 5) is 6.07. The van der Waals surface area contributed by atoms with Crippen LogP contribution in [0.2, 0.25) is 0 Å². The topological polar surface area (TPSA) is 147 Å². The van der Waals surface area contributed by atoms with Crippen molar-refractivity contribution in [2.75, 3.05) is 9.44 Å². The summed E-state index contributed by atoms with van der Waals surface area (Å²) in [5, 5.41) is 4.72. The van der Waals surface area contributed by atoms with E-state index in [0.717, 1.165) is 6.20 Å². The molecule has 2 rings (SSSR count). The van der Waals surface area contributed by atoms with Crippen LogP contribution in [0.25, 0.3) is 0 Å². The van der Waals surface area contributed by atoms with Crippen LogP contribution in [-0.2, 0) is 20.2 Å². The molecule has 0 saturated heterocycles. The molecule has 0 aliphatic heterocycles. The van der Waals surface area contributed by atoms with E-state index in [2.05, 4.69) is 14.7 Å². The van der Waals surface area contributed by atoms with Gasteiger partial charge in [0.05, 0.1) is 23.9 Å². The van der Waals surface area contributed by atoms with Crippen LogP contribution < -0.4 is 14.6 Å². The van der Waals surface area contributed by atoms with Gasteiger partial charge in [0, 0.05) is 0 Å². The van der Waals surface area contributed by atoms with E-state index in [4.69, 9.17) is 5.14 Å². The fourth-order valence-corrected chi connectivity index (χ4v) is 2.82. The van der Waals surface area contributed by atoms with Crippen molar-refractivity contribution in [3.05, 3.63) is 36.8 Å². The zero-order chi connectivity index (χ0) is 14.8. The molecular formula is C9H11N5O4S2. The van der Waals surface area contributed by atoms with E-state index in [1.54, 1.807) is 0 Å². The van der Waals surface area contributed by atoms with Crippen LogP contribution in [-0.4, -0.2) is 26.8 Å². The molecule has 2 aromatic rings. The maximum atomic E-state index is 11.9. The number of anilines is 2. The Labute approximate surface area is 115 Å². The number of nitrogens with zero attached hydrogens (tertiary/aromatic N) is 1. The molecule has 9 nitrogen and oxygen atoms in total. The monoisotopic (exact) mass is 317 g/mol. The largest absolute Gasteiger partial charge is 0.334 e. The lowest BCUT2D eigenvalue weighted by atomic mass is 10.3. The van der Waals surface area contributed by atoms with Crippen molar-refractivity contribution < 1.29 is 16.8 Å². The Hall–Kier alpha value is -2.11. The molecule has 0 spiro atoms. The number of H-pyrrole nitrogens is 1. The van der Waals surface area contributed by atoms with E-state index in [1.165, 1.54) is 30.6 Å². The van der Waals surface area contributed by atoms with Crippen LogP contribution in [0.15, 0.2) is 41.8 Å². The normalized spacial score (nSPS) is 12.1. The average molecular weight is 317 g/mol. The molecule has 0 unspecified atom stereocenters. The molecule has 0 amide bonds. The maximum absolute atomic E-state index is 11.9. The predicted octanol–water partition coefficient (Wildman–Crippen LogP) is -0.174. The molecule has 5 N–H and O–H groups in total. The highest BCUT2D eigenvalue weighted by atomic mass is 32.2. The maximum Gasteiger partial charge on any atom is 0.296 e. The molecule has 108 valence electrons. The van der Waals surface area contributed by atoms with Crippen molar-refractivity contribution in [2.45, 2.75) is 5.03 Å². The van der Waals surface area contributed by atoms with Gasteiger partial charge < -0.3 is 4.98 Å². The summed E-state index contributed by atoms with van der Waals surface area (Å²) in [6.45, 7) is 0. The number of hydrogen-bond acceptors (Lipinski definition) is 5. The Morgan fingerprint density at radius 2 is 1.75 bits per heavy atom. The van der Waals surface area contributed by atoms with Crippen LogP contribution in [0.5, 0.6) is 0 Å². The van der Waals surface area contributed by atoms with Crippen molar-refractivity contribution >= 4 is 31.6 Å². The number of benzene rings is 1. The Bertz CT molecular complexity index is 799. The van der Waals surface area contributed by atoms with Gasteiger partial charge >= 0.3 is 0 Å². The number of sulfonamides is 1. The molecule has 0 bridgehead atoms. The minimum Gasteiger partial charge on any atom is -0.334 e. The first-order valence-electron chi connectivity index (χ1n) is 5.18. The predicted molar refractivity (Wildman–Crippen MR) is 72.6 cm³/mol. The number of rotatable bonds is 5. The molecule has 0 fully saturated rings. The summed E-state index contributed by atoms with van der Waals surface area (Å²) in [6, 6.07) is 5.65. The van der Waals surface area contributed by atoms with Gasteiger partial charge in [-0.15, -0.1) is 0 Å². The summed E-state index contributed by atoms with van der Waals surface area (Å²) >= 11 is 0. The van der Waals surface area contributed by atoms with Gasteiger partial charge in [0.25, 0.3) is 20.2 Å². The van der Waals surface area contributed by atoms with Gasteiger partial charge in [-0.05, 0) is 18.2 Å². The minimum atomic E-state index is -3.92. The first-order chi connectivity index (χ1) is 9.26. The van der Waals surface area contributed by atoms with Gasteiger partial charge in [0.1, 0.15) is 0 Å². The molecule has 0 atom stereocenters. The summed E-state index contributed by atoms with van der Waals surface area (Å²) in [6.07, 6.45) is 2.38. The van der Waals surface area contributed by atoms with E-state index in [1.807, 2.05) is 4.72 Å². The number of aromatic amines is 1. The van der Waals surface area contributed by atoms with Crippen molar-refractivity contribution in [1.29, 1.82) is 0 Å². The molecule has 0 saturated carbocycles. The summed E-state index contributed by atoms with van der Waals surface area (Å²) in [5.41, 5.74) is 0.311. The zero-order valence-electron chi connectivity index (χ0n) is 9.94. The molecule has 1 heterocycles. The number of hydrogen-bond donors (Lipinski definition) is 4. The van der Waals surface area contributed by atoms with Crippen LogP contribution in [0.3, 0.4) is 0 Å². The quantitative estimate of drug-likeness (QED) is 0.604. The Kier molecular flexibility index (Phi) is 3.65. The molecule has 1 aromatic carbocycles. The van der Waals surface area contributed by atoms with Crippen molar-refractivity contribution in [3.63, 3.8) is 0 Å². The molecule has 0 aliphatic rings. The Morgan fingerprint density at radius 3 is 2.30 bits per heavy atom. The zero-order valence-corrected chi connectivity index (χ0v) is 11.6. The van der Waals surface area contributed by atoms with Gasteiger partial charge in [0.15, 0.2) is 5.03 Å². The lowest BCUT2D eigenvalue weighted by Crippen LogP contribution is -2.21. The minimum absolute atomic E-state index is 0.109. The second-order valence-corrected chi connectivity index (χ2v) is 6.69. The number of aromatic nitrogens is 2. The van der Waals surface area contributed by atoms with Crippen LogP contribution in [0.1, 0.15) is 0 Å². The molecule has 20 heavy (non-hydrogen) atoms. The second-order valence-electron chi connectivity index (χ2n) is 3.75. The third-order valence-electron chi connectivity index (χ3n) is 2.14. The van der Waals surface area contributed by atoms with Crippen LogP contribution in [0.4, 0.5) is 11.4 Å². The van der Waals surface area contributed by atoms with E-state index in [-0.39, 0.29) is 16.4 Å². The van der Waals surface area contributed by atoms with Crippen LogP contribution >= 0.6 is 0 Å². The van der Waals surface area contributed by atoms with Crippen molar-refractivity contribution in [3.8, 4) is 0 Å². The van der Waals surface area contributed by atoms with Gasteiger partial charge in [0.2, 0.25) is 0 Å². The first kappa shape index (κ1) is 14.3. The van der Waals surface area contributed by atoms with E-state index < -0.39 is 20.2 Å². The molecule has 0 radical (unpaired) electrons. The van der Waals surface area contributed by atoms with E-state index in [9.17, 15) is 16.8 Å². The first-order valence-corrected chi connectivity index (χ1v) is 8.21. The number of imidazole rings is 1. The highest BCUT2D eigenvalue weighted by Gasteiger charge is 2.15. The van der Waals surface area contributed by atoms with Gasteiger partial charge in [-0.25, -0.2) is 10.1 Å². The highest BCUT2D eigenvalue weighted by molar-refractivity contribution is 7.92. The van der Waals surface area contributed by atoms with E-state index in [0.29, 0.717) is 0 Å². The molecular weight excluding hydrogens is 306 g/mol. The lowest BCUT2D eigenvalue weighted by molar-refractivity contribution is 0.598. The van der Waals surface area contributed by atoms with Crippen LogP contribution in [0, 0.1) is 0 Å². The Balaban J connectivity index is 2.25. The number of nitrogens with one attached hydrogen (secondary N) is 3. The second kappa shape index (κ2) is 5.11. The fourth-order valence-electron chi connectivity index (χ4n) is 1.41. The van der Waals surface area contributed by atoms with Crippen molar-refractivity contribution in [1.82, 2.24) is 9.97 Å². The lowest BCUT2D eigenvalue weighted by Gasteiger charge is -2.08. The highest BCUT2D eigenvalue weighted by Crippen LogP contribution is 2.18. The van der Waals surface area contributed by atoms with Gasteiger partial charge in [-0.3, -0.25) is 9.44 Å². The smallest absolute Gasteiger partial charge is 0.296 e. The van der Waals surface area contributed by atoms with E-state index >= 15 is 0 Å². The summed E-state index contributed by atoms with van der Waals surface area (Å²) < 4.78 is 49.9. The SMILES string of the molecule is NS(=O)(=O)Nc1cccc(NS(=O)(=O)c2cnc[nH]2)c1. The third-order valence-corrected chi connectivity index (χ3v) is 3.96. The Morgan fingerprint density at radius 1 is 1.10 bits per heavy atom. The number of nitrogens with two attached hydrogens (primary N) is 1. The van der Waals surface area contributed by atoms with Crippen molar-refractivity contribution in [2.24, 2.45) is 5.14 Å².